The minimum atomic E-state index is -1.62. The Morgan fingerprint density at radius 1 is 1.36 bits per heavy atom. The number of carbonyl (C=O) groups is 4. The molecule has 0 aliphatic carbocycles. The molecule has 1 saturated heterocycles. The van der Waals surface area contributed by atoms with E-state index in [9.17, 15) is 33.1 Å². The summed E-state index contributed by atoms with van der Waals surface area (Å²) in [4.78, 5) is 48.0. The minimum Gasteiger partial charge on any atom is -0.543 e. The lowest BCUT2D eigenvalue weighted by Gasteiger charge is -2.50. The molecule has 2 atom stereocenters. The van der Waals surface area contributed by atoms with Crippen molar-refractivity contribution in [1.29, 1.82) is 0 Å². The van der Waals surface area contributed by atoms with Crippen LogP contribution in [0.5, 0.6) is 0 Å². The molecule has 28 heavy (non-hydrogen) atoms. The van der Waals surface area contributed by atoms with Gasteiger partial charge >= 0.3 is 5.97 Å². The third kappa shape index (κ3) is 3.57. The topological polar surface area (TPSA) is 116 Å². The summed E-state index contributed by atoms with van der Waals surface area (Å²) in [5, 5.41) is 13.1. The molecule has 2 heterocycles. The molecule has 8 nitrogen and oxygen atoms in total. The van der Waals surface area contributed by atoms with Crippen molar-refractivity contribution in [3.63, 3.8) is 0 Å². The first-order valence-corrected chi connectivity index (χ1v) is 9.03. The predicted octanol–water partition coefficient (Wildman–Crippen LogP) is -0.455. The molecule has 1 N–H and O–H groups in total. The van der Waals surface area contributed by atoms with Crippen molar-refractivity contribution >= 4 is 35.5 Å². The second-order valence-electron chi connectivity index (χ2n) is 6.00. The van der Waals surface area contributed by atoms with Gasteiger partial charge < -0.3 is 20.0 Å². The van der Waals surface area contributed by atoms with Crippen molar-refractivity contribution in [3.8, 4) is 0 Å². The zero-order chi connectivity index (χ0) is 20.6. The largest absolute Gasteiger partial charge is 0.543 e. The van der Waals surface area contributed by atoms with Crippen LogP contribution in [0.4, 0.5) is 8.78 Å². The highest BCUT2D eigenvalue weighted by Gasteiger charge is 2.53. The van der Waals surface area contributed by atoms with Gasteiger partial charge in [-0.2, -0.15) is 0 Å². The molecule has 1 aromatic carbocycles. The maximum Gasteiger partial charge on any atom is 0.302 e. The van der Waals surface area contributed by atoms with Crippen LogP contribution in [0, 0.1) is 11.6 Å². The average molecular weight is 411 g/mol. The van der Waals surface area contributed by atoms with Gasteiger partial charge in [-0.05, 0) is 12.1 Å². The Morgan fingerprint density at radius 3 is 2.68 bits per heavy atom. The van der Waals surface area contributed by atoms with Crippen LogP contribution in [-0.2, 0) is 19.1 Å². The number of rotatable bonds is 5. The fourth-order valence-corrected chi connectivity index (χ4v) is 4.19. The Bertz CT molecular complexity index is 919. The van der Waals surface area contributed by atoms with Crippen LogP contribution >= 0.6 is 11.8 Å². The first-order valence-electron chi connectivity index (χ1n) is 7.98. The van der Waals surface area contributed by atoms with E-state index < -0.39 is 58.1 Å². The summed E-state index contributed by atoms with van der Waals surface area (Å²) >= 11 is 1.15. The van der Waals surface area contributed by atoms with Gasteiger partial charge in [0.2, 0.25) is 0 Å². The van der Waals surface area contributed by atoms with Gasteiger partial charge in [0, 0.05) is 24.3 Å². The van der Waals surface area contributed by atoms with Crippen LogP contribution in [0.15, 0.2) is 29.5 Å². The normalized spacial score (nSPS) is 21.0. The number of fused-ring (bicyclic) bond motifs is 1. The maximum absolute atomic E-state index is 13.7. The van der Waals surface area contributed by atoms with Gasteiger partial charge in [0.25, 0.3) is 11.8 Å². The highest BCUT2D eigenvalue weighted by Crippen LogP contribution is 2.40. The molecule has 2 amide bonds. The molecular weight excluding hydrogens is 398 g/mol. The monoisotopic (exact) mass is 411 g/mol. The maximum atomic E-state index is 13.7. The van der Waals surface area contributed by atoms with Crippen LogP contribution < -0.4 is 10.4 Å². The molecule has 1 fully saturated rings. The standard InChI is InChI=1S/C17H14F2N2O6S/c1-7(22)27-5-8-6-28-16-12(15(24)21(16)13(8)17(25)26)20-14(23)10-3-2-9(18)4-11(10)19/h2-4,12,16H,5-6H2,1H3,(H,20,23)(H,25,26)/p-1/t12-,16+/m0/s1. The van der Waals surface area contributed by atoms with E-state index in [0.717, 1.165) is 35.7 Å². The van der Waals surface area contributed by atoms with Crippen LogP contribution in [0.1, 0.15) is 17.3 Å². The van der Waals surface area contributed by atoms with Crippen LogP contribution in [0.3, 0.4) is 0 Å². The molecule has 11 heteroatoms. The molecule has 0 aromatic heterocycles. The van der Waals surface area contributed by atoms with Crippen LogP contribution in [0.2, 0.25) is 0 Å². The number of thioether (sulfide) groups is 1. The Labute approximate surface area is 161 Å². The number of nitrogens with one attached hydrogen (secondary N) is 1. The molecule has 0 saturated carbocycles. The fraction of sp³-hybridized carbons (Fsp3) is 0.294. The van der Waals surface area contributed by atoms with Gasteiger partial charge in [0.15, 0.2) is 0 Å². The number of benzene rings is 1. The van der Waals surface area contributed by atoms with E-state index in [1.807, 2.05) is 0 Å². The average Bonchev–Trinajstić information content (AvgIpc) is 2.63. The van der Waals surface area contributed by atoms with E-state index in [0.29, 0.717) is 6.07 Å². The summed E-state index contributed by atoms with van der Waals surface area (Å²) in [5.41, 5.74) is -0.660. The van der Waals surface area contributed by atoms with Gasteiger partial charge in [0.1, 0.15) is 29.7 Å². The molecule has 2 aliphatic rings. The second kappa shape index (κ2) is 7.58. The van der Waals surface area contributed by atoms with E-state index in [1.54, 1.807) is 0 Å². The molecule has 0 radical (unpaired) electrons. The summed E-state index contributed by atoms with van der Waals surface area (Å²) in [6.45, 7) is 0.854. The SMILES string of the molecule is CC(=O)OCC1=C(C(=O)[O-])N2C(=O)[C@H](NC(=O)c3ccc(F)cc3F)[C@H]2SC1. The lowest BCUT2D eigenvalue weighted by Crippen LogP contribution is -2.71. The third-order valence-corrected chi connectivity index (χ3v) is 5.49. The highest BCUT2D eigenvalue weighted by molar-refractivity contribution is 8.00. The Morgan fingerprint density at radius 2 is 2.07 bits per heavy atom. The van der Waals surface area contributed by atoms with Crippen molar-refractivity contribution < 1.29 is 37.8 Å². The number of ether oxygens (including phenoxy) is 1. The van der Waals surface area contributed by atoms with E-state index >= 15 is 0 Å². The molecule has 0 unspecified atom stereocenters. The molecule has 2 aliphatic heterocycles. The number of carboxylic acids is 1. The third-order valence-electron chi connectivity index (χ3n) is 4.15. The van der Waals surface area contributed by atoms with Gasteiger partial charge in [-0.1, -0.05) is 0 Å². The van der Waals surface area contributed by atoms with Crippen LogP contribution in [-0.4, -0.2) is 52.4 Å². The van der Waals surface area contributed by atoms with Crippen molar-refractivity contribution in [2.75, 3.05) is 12.4 Å². The highest BCUT2D eigenvalue weighted by atomic mass is 32.2. The molecule has 148 valence electrons. The molecule has 0 spiro atoms. The van der Waals surface area contributed by atoms with E-state index in [2.05, 4.69) is 5.32 Å². The number of nitrogens with zero attached hydrogens (tertiary/aromatic N) is 1. The minimum absolute atomic E-state index is 0.127. The summed E-state index contributed by atoms with van der Waals surface area (Å²) in [6.07, 6.45) is 0. The van der Waals surface area contributed by atoms with Gasteiger partial charge in [-0.25, -0.2) is 8.78 Å². The molecule has 3 rings (SSSR count). The number of carboxylic acid groups (broad SMARTS) is 1. The zero-order valence-corrected chi connectivity index (χ0v) is 15.2. The number of esters is 1. The van der Waals surface area contributed by atoms with Gasteiger partial charge in [-0.3, -0.25) is 19.3 Å². The number of amides is 2. The van der Waals surface area contributed by atoms with Crippen molar-refractivity contribution in [1.82, 2.24) is 10.2 Å². The van der Waals surface area contributed by atoms with E-state index in [4.69, 9.17) is 4.74 Å². The molecule has 1 aromatic rings. The smallest absolute Gasteiger partial charge is 0.302 e. The number of halogens is 2. The first-order chi connectivity index (χ1) is 13.2. The summed E-state index contributed by atoms with van der Waals surface area (Å²) < 4.78 is 31.5. The van der Waals surface area contributed by atoms with Gasteiger partial charge in [-0.15, -0.1) is 11.8 Å². The van der Waals surface area contributed by atoms with E-state index in [1.165, 1.54) is 0 Å². The predicted molar refractivity (Wildman–Crippen MR) is 89.4 cm³/mol. The number of carbonyl (C=O) groups excluding carboxylic acids is 4. The van der Waals surface area contributed by atoms with Crippen molar-refractivity contribution in [3.05, 3.63) is 46.7 Å². The van der Waals surface area contributed by atoms with Crippen molar-refractivity contribution in [2.24, 2.45) is 0 Å². The first kappa shape index (κ1) is 19.8. The molecule has 0 bridgehead atoms. The Balaban J connectivity index is 1.77. The molecular formula is C17H13F2N2O6S-. The lowest BCUT2D eigenvalue weighted by molar-refractivity contribution is -0.301. The Kier molecular flexibility index (Phi) is 5.36. The van der Waals surface area contributed by atoms with E-state index in [-0.39, 0.29) is 17.9 Å². The van der Waals surface area contributed by atoms with Crippen LogP contribution in [0.25, 0.3) is 0 Å². The fourth-order valence-electron chi connectivity index (χ4n) is 2.86. The lowest BCUT2D eigenvalue weighted by atomic mass is 10.0. The van der Waals surface area contributed by atoms with Gasteiger partial charge in [0.05, 0.1) is 17.2 Å². The number of β-lactam (4-membered cyclic amide) rings is 1. The zero-order valence-electron chi connectivity index (χ0n) is 14.4. The number of aliphatic carboxylic acids is 1. The second-order valence-corrected chi connectivity index (χ2v) is 7.11. The summed E-state index contributed by atoms with van der Waals surface area (Å²) in [6, 6.07) is 1.29. The number of hydrogen-bond donors (Lipinski definition) is 1. The summed E-state index contributed by atoms with van der Waals surface area (Å²) in [5.74, 6) is -5.70. The summed E-state index contributed by atoms with van der Waals surface area (Å²) in [7, 11) is 0. The van der Waals surface area contributed by atoms with Crippen molar-refractivity contribution in [2.45, 2.75) is 18.3 Å². The number of hydrogen-bond acceptors (Lipinski definition) is 7. The quantitative estimate of drug-likeness (QED) is 0.515. The Hall–Kier alpha value is -2.95.